The molecular formula is C16H15Cl2N3O. The molecule has 4 N–H and O–H groups in total. The van der Waals surface area contributed by atoms with Crippen LogP contribution in [0.3, 0.4) is 0 Å². The van der Waals surface area contributed by atoms with Crippen LogP contribution in [0.1, 0.15) is 17.0 Å². The third-order valence-corrected chi connectivity index (χ3v) is 3.77. The number of carbonyl (C=O) groups is 1. The molecule has 2 rings (SSSR count). The van der Waals surface area contributed by atoms with Crippen LogP contribution in [0, 0.1) is 0 Å². The fraction of sp³-hybridized carbons (Fsp3) is 0.125. The van der Waals surface area contributed by atoms with Gasteiger partial charge in [0.2, 0.25) is 0 Å². The molecule has 0 radical (unpaired) electrons. The summed E-state index contributed by atoms with van der Waals surface area (Å²) in [6, 6.07) is 14.5. The third kappa shape index (κ3) is 4.23. The summed E-state index contributed by atoms with van der Waals surface area (Å²) >= 11 is 12.1. The average Bonchev–Trinajstić information content (AvgIpc) is 2.46. The number of halogens is 2. The summed E-state index contributed by atoms with van der Waals surface area (Å²) in [5.41, 5.74) is 12.3. The minimum Gasteiger partial charge on any atom is -0.370 e. The van der Waals surface area contributed by atoms with E-state index in [4.69, 9.17) is 34.7 Å². The number of amides is 1. The molecule has 0 bridgehead atoms. The zero-order chi connectivity index (χ0) is 16.1. The number of hydrogen-bond acceptors (Lipinski definition) is 1. The van der Waals surface area contributed by atoms with Gasteiger partial charge >= 0.3 is 0 Å². The van der Waals surface area contributed by atoms with Crippen molar-refractivity contribution in [1.29, 1.82) is 0 Å². The molecular weight excluding hydrogens is 321 g/mol. The van der Waals surface area contributed by atoms with E-state index in [0.29, 0.717) is 16.5 Å². The van der Waals surface area contributed by atoms with Crippen LogP contribution in [0.4, 0.5) is 0 Å². The maximum absolute atomic E-state index is 12.3. The number of benzene rings is 2. The molecule has 0 aromatic heterocycles. The summed E-state index contributed by atoms with van der Waals surface area (Å²) in [4.78, 5) is 16.0. The molecule has 2 aromatic carbocycles. The summed E-state index contributed by atoms with van der Waals surface area (Å²) in [7, 11) is 0. The highest BCUT2D eigenvalue weighted by atomic mass is 35.5. The zero-order valence-electron chi connectivity index (χ0n) is 11.7. The summed E-state index contributed by atoms with van der Waals surface area (Å²) < 4.78 is 0. The smallest absolute Gasteiger partial charge is 0.256 e. The first-order chi connectivity index (χ1) is 10.5. The quantitative estimate of drug-likeness (QED) is 0.665. The summed E-state index contributed by atoms with van der Waals surface area (Å²) in [6.45, 7) is 0. The van der Waals surface area contributed by atoms with Gasteiger partial charge in [-0.25, -0.2) is 0 Å². The first-order valence-corrected chi connectivity index (χ1v) is 7.35. The number of rotatable bonds is 4. The molecule has 1 amide bonds. The van der Waals surface area contributed by atoms with Gasteiger partial charge in [-0.05, 0) is 29.7 Å². The van der Waals surface area contributed by atoms with Crippen molar-refractivity contribution in [3.63, 3.8) is 0 Å². The fourth-order valence-corrected chi connectivity index (χ4v) is 2.63. The molecule has 22 heavy (non-hydrogen) atoms. The topological polar surface area (TPSA) is 81.5 Å². The van der Waals surface area contributed by atoms with Gasteiger partial charge in [0.1, 0.15) is 0 Å². The monoisotopic (exact) mass is 335 g/mol. The molecule has 0 saturated carbocycles. The predicted molar refractivity (Wildman–Crippen MR) is 90.2 cm³/mol. The third-order valence-electron chi connectivity index (χ3n) is 3.18. The molecule has 0 aliphatic rings. The first kappa shape index (κ1) is 16.3. The number of nitrogens with zero attached hydrogens (tertiary/aromatic N) is 1. The van der Waals surface area contributed by atoms with Crippen molar-refractivity contribution in [3.8, 4) is 0 Å². The van der Waals surface area contributed by atoms with Crippen LogP contribution < -0.4 is 11.5 Å². The van der Waals surface area contributed by atoms with Crippen LogP contribution in [0.2, 0.25) is 10.0 Å². The van der Waals surface area contributed by atoms with Crippen LogP contribution in [0.15, 0.2) is 53.5 Å². The van der Waals surface area contributed by atoms with Gasteiger partial charge in [-0.15, -0.1) is 0 Å². The Morgan fingerprint density at radius 3 is 2.36 bits per heavy atom. The van der Waals surface area contributed by atoms with Gasteiger partial charge < -0.3 is 11.5 Å². The highest BCUT2D eigenvalue weighted by Gasteiger charge is 2.22. The highest BCUT2D eigenvalue weighted by Crippen LogP contribution is 2.28. The van der Waals surface area contributed by atoms with Gasteiger partial charge in [-0.2, -0.15) is 4.99 Å². The molecule has 1 atom stereocenters. The maximum atomic E-state index is 12.3. The van der Waals surface area contributed by atoms with Gasteiger partial charge in [0.05, 0.1) is 5.92 Å². The van der Waals surface area contributed by atoms with E-state index in [-0.39, 0.29) is 5.96 Å². The van der Waals surface area contributed by atoms with E-state index in [9.17, 15) is 4.79 Å². The van der Waals surface area contributed by atoms with Crippen molar-refractivity contribution >= 4 is 35.1 Å². The lowest BCUT2D eigenvalue weighted by molar-refractivity contribution is -0.119. The Morgan fingerprint density at radius 1 is 1.09 bits per heavy atom. The minimum atomic E-state index is -0.512. The second kappa shape index (κ2) is 7.29. The van der Waals surface area contributed by atoms with Crippen LogP contribution in [-0.2, 0) is 11.2 Å². The van der Waals surface area contributed by atoms with E-state index in [1.54, 1.807) is 18.2 Å². The number of hydrogen-bond donors (Lipinski definition) is 2. The predicted octanol–water partition coefficient (Wildman–Crippen LogP) is 3.12. The number of guanidine groups is 1. The number of nitrogens with two attached hydrogens (primary N) is 2. The Bertz CT molecular complexity index is 698. The SMILES string of the molecule is NC(N)=NC(=O)[C@@H](Cc1ccc(Cl)cc1Cl)c1ccccc1. The molecule has 0 unspecified atom stereocenters. The Hall–Kier alpha value is -2.04. The van der Waals surface area contributed by atoms with Crippen molar-refractivity contribution in [2.24, 2.45) is 16.5 Å². The summed E-state index contributed by atoms with van der Waals surface area (Å²) in [6.07, 6.45) is 0.385. The van der Waals surface area contributed by atoms with Gasteiger partial charge in [-0.1, -0.05) is 59.6 Å². The molecule has 0 fully saturated rings. The van der Waals surface area contributed by atoms with Crippen LogP contribution in [0.25, 0.3) is 0 Å². The lowest BCUT2D eigenvalue weighted by atomic mass is 9.91. The van der Waals surface area contributed by atoms with E-state index in [1.807, 2.05) is 30.3 Å². The van der Waals surface area contributed by atoms with E-state index < -0.39 is 11.8 Å². The Labute approximate surface area is 138 Å². The van der Waals surface area contributed by atoms with Crippen molar-refractivity contribution in [2.75, 3.05) is 0 Å². The van der Waals surface area contributed by atoms with Gasteiger partial charge in [0.15, 0.2) is 5.96 Å². The van der Waals surface area contributed by atoms with E-state index >= 15 is 0 Å². The van der Waals surface area contributed by atoms with Crippen molar-refractivity contribution in [1.82, 2.24) is 0 Å². The first-order valence-electron chi connectivity index (χ1n) is 6.59. The van der Waals surface area contributed by atoms with Crippen LogP contribution in [-0.4, -0.2) is 11.9 Å². The minimum absolute atomic E-state index is 0.256. The lowest BCUT2D eigenvalue weighted by Gasteiger charge is -2.15. The van der Waals surface area contributed by atoms with Gasteiger partial charge in [0.25, 0.3) is 5.91 Å². The van der Waals surface area contributed by atoms with E-state index in [2.05, 4.69) is 4.99 Å². The second-order valence-electron chi connectivity index (χ2n) is 4.78. The van der Waals surface area contributed by atoms with Crippen LogP contribution in [0.5, 0.6) is 0 Å². The standard InChI is InChI=1S/C16H15Cl2N3O/c17-12-7-6-11(14(18)9-12)8-13(15(22)21-16(19)20)10-4-2-1-3-5-10/h1-7,9,13H,8H2,(H4,19,20,21,22)/t13-/m0/s1. The Kier molecular flexibility index (Phi) is 5.41. The van der Waals surface area contributed by atoms with Crippen molar-refractivity contribution in [3.05, 3.63) is 69.7 Å². The maximum Gasteiger partial charge on any atom is 0.256 e. The number of aliphatic imine (C=N–C) groups is 1. The second-order valence-corrected chi connectivity index (χ2v) is 5.62. The van der Waals surface area contributed by atoms with E-state index in [1.165, 1.54) is 0 Å². The highest BCUT2D eigenvalue weighted by molar-refractivity contribution is 6.35. The van der Waals surface area contributed by atoms with Gasteiger partial charge in [-0.3, -0.25) is 4.79 Å². The summed E-state index contributed by atoms with van der Waals surface area (Å²) in [5, 5.41) is 1.05. The molecule has 0 saturated heterocycles. The molecule has 4 nitrogen and oxygen atoms in total. The normalized spacial score (nSPS) is 11.7. The Morgan fingerprint density at radius 2 is 1.77 bits per heavy atom. The van der Waals surface area contributed by atoms with Crippen molar-refractivity contribution < 1.29 is 4.79 Å². The van der Waals surface area contributed by atoms with Gasteiger partial charge in [0, 0.05) is 10.0 Å². The van der Waals surface area contributed by atoms with E-state index in [0.717, 1.165) is 11.1 Å². The molecule has 2 aromatic rings. The molecule has 0 heterocycles. The van der Waals surface area contributed by atoms with Crippen molar-refractivity contribution in [2.45, 2.75) is 12.3 Å². The molecule has 114 valence electrons. The number of carbonyl (C=O) groups excluding carboxylic acids is 1. The van der Waals surface area contributed by atoms with Crippen LogP contribution >= 0.6 is 23.2 Å². The summed E-state index contributed by atoms with van der Waals surface area (Å²) in [5.74, 6) is -1.17. The average molecular weight is 336 g/mol. The molecule has 0 aliphatic carbocycles. The molecule has 6 heteroatoms. The largest absolute Gasteiger partial charge is 0.370 e. The Balaban J connectivity index is 2.36. The lowest BCUT2D eigenvalue weighted by Crippen LogP contribution is -2.26. The fourth-order valence-electron chi connectivity index (χ4n) is 2.15. The zero-order valence-corrected chi connectivity index (χ0v) is 13.2. The molecule has 0 spiro atoms. The molecule has 0 aliphatic heterocycles.